The molecule has 4 nitrogen and oxygen atoms in total. The van der Waals surface area contributed by atoms with Gasteiger partial charge in [-0.3, -0.25) is 0 Å². The van der Waals surface area contributed by atoms with Gasteiger partial charge in [0.2, 0.25) is 0 Å². The molecule has 2 amide bonds. The highest BCUT2D eigenvalue weighted by Crippen LogP contribution is 2.21. The molecule has 94 valence electrons. The lowest BCUT2D eigenvalue weighted by atomic mass is 10.2. The highest BCUT2D eigenvalue weighted by atomic mass is 79.9. The van der Waals surface area contributed by atoms with Gasteiger partial charge in [0.05, 0.1) is 11.3 Å². The fourth-order valence-corrected chi connectivity index (χ4v) is 2.49. The van der Waals surface area contributed by atoms with E-state index in [1.807, 2.05) is 0 Å². The van der Waals surface area contributed by atoms with Crippen LogP contribution in [0.1, 0.15) is 31.2 Å². The fourth-order valence-electron chi connectivity index (χ4n) is 2.13. The van der Waals surface area contributed by atoms with Crippen molar-refractivity contribution in [2.45, 2.75) is 31.7 Å². The van der Waals surface area contributed by atoms with Crippen LogP contribution >= 0.6 is 15.9 Å². The summed E-state index contributed by atoms with van der Waals surface area (Å²) in [6.07, 6.45) is 4.43. The van der Waals surface area contributed by atoms with Crippen molar-refractivity contribution in [1.82, 2.24) is 5.32 Å². The Bertz CT molecular complexity index is 489. The summed E-state index contributed by atoms with van der Waals surface area (Å²) < 4.78 is 0.820. The Morgan fingerprint density at radius 2 is 2.11 bits per heavy atom. The zero-order valence-corrected chi connectivity index (χ0v) is 11.5. The summed E-state index contributed by atoms with van der Waals surface area (Å²) in [7, 11) is 0. The number of benzene rings is 1. The van der Waals surface area contributed by atoms with Crippen molar-refractivity contribution in [1.29, 1.82) is 5.26 Å². The zero-order chi connectivity index (χ0) is 13.0. The first-order chi connectivity index (χ1) is 8.69. The number of hydrogen-bond acceptors (Lipinski definition) is 2. The Balaban J connectivity index is 2.00. The molecule has 0 saturated heterocycles. The van der Waals surface area contributed by atoms with Gasteiger partial charge in [-0.25, -0.2) is 4.79 Å². The van der Waals surface area contributed by atoms with Gasteiger partial charge in [0, 0.05) is 10.5 Å². The van der Waals surface area contributed by atoms with Gasteiger partial charge in [0.25, 0.3) is 0 Å². The molecular weight excluding hydrogens is 294 g/mol. The second-order valence-corrected chi connectivity index (χ2v) is 5.30. The maximum Gasteiger partial charge on any atom is 0.319 e. The third kappa shape index (κ3) is 3.23. The maximum absolute atomic E-state index is 11.8. The molecule has 1 aliphatic rings. The summed E-state index contributed by atoms with van der Waals surface area (Å²) in [6.45, 7) is 0. The predicted octanol–water partition coefficient (Wildman–Crippen LogP) is 3.38. The van der Waals surface area contributed by atoms with Crippen LogP contribution in [0.3, 0.4) is 0 Å². The number of nitrogens with one attached hydrogen (secondary N) is 2. The van der Waals surface area contributed by atoms with Crippen LogP contribution in [0.4, 0.5) is 10.5 Å². The number of amides is 2. The van der Waals surface area contributed by atoms with Gasteiger partial charge in [-0.1, -0.05) is 28.8 Å². The largest absolute Gasteiger partial charge is 0.335 e. The van der Waals surface area contributed by atoms with E-state index in [2.05, 4.69) is 32.6 Å². The molecule has 5 heteroatoms. The normalized spacial score (nSPS) is 15.1. The number of nitriles is 1. The number of nitrogens with zero attached hydrogens (tertiary/aromatic N) is 1. The van der Waals surface area contributed by atoms with E-state index in [0.29, 0.717) is 11.3 Å². The van der Waals surface area contributed by atoms with Gasteiger partial charge >= 0.3 is 6.03 Å². The molecule has 0 radical (unpaired) electrons. The molecule has 1 saturated carbocycles. The van der Waals surface area contributed by atoms with Crippen molar-refractivity contribution in [2.24, 2.45) is 0 Å². The van der Waals surface area contributed by atoms with E-state index in [-0.39, 0.29) is 12.1 Å². The molecule has 1 aliphatic carbocycles. The van der Waals surface area contributed by atoms with Gasteiger partial charge in [0.15, 0.2) is 0 Å². The number of anilines is 1. The Morgan fingerprint density at radius 1 is 1.39 bits per heavy atom. The number of carbonyl (C=O) groups is 1. The molecule has 0 atom stereocenters. The monoisotopic (exact) mass is 307 g/mol. The molecule has 0 unspecified atom stereocenters. The highest BCUT2D eigenvalue weighted by molar-refractivity contribution is 9.10. The average molecular weight is 308 g/mol. The van der Waals surface area contributed by atoms with E-state index in [1.54, 1.807) is 18.2 Å². The maximum atomic E-state index is 11.8. The second kappa shape index (κ2) is 5.87. The van der Waals surface area contributed by atoms with Gasteiger partial charge in [0.1, 0.15) is 6.07 Å². The van der Waals surface area contributed by atoms with Crippen LogP contribution in [0.25, 0.3) is 0 Å². The smallest absolute Gasteiger partial charge is 0.319 e. The Hall–Kier alpha value is -1.54. The van der Waals surface area contributed by atoms with Crippen molar-refractivity contribution in [2.75, 3.05) is 5.32 Å². The Morgan fingerprint density at radius 3 is 2.78 bits per heavy atom. The van der Waals surface area contributed by atoms with E-state index in [1.165, 1.54) is 12.8 Å². The SMILES string of the molecule is N#Cc1cc(Br)ccc1NC(=O)NC1CCCC1. The van der Waals surface area contributed by atoms with Crippen LogP contribution < -0.4 is 10.6 Å². The molecular formula is C13H14BrN3O. The molecule has 0 aromatic heterocycles. The quantitative estimate of drug-likeness (QED) is 0.879. The van der Waals surface area contributed by atoms with Gasteiger partial charge in [-0.05, 0) is 31.0 Å². The van der Waals surface area contributed by atoms with Crippen molar-refractivity contribution >= 4 is 27.6 Å². The van der Waals surface area contributed by atoms with E-state index in [9.17, 15) is 4.79 Å². The minimum atomic E-state index is -0.235. The molecule has 1 fully saturated rings. The standard InChI is InChI=1S/C13H14BrN3O/c14-10-5-6-12(9(7-10)8-15)17-13(18)16-11-3-1-2-4-11/h5-7,11H,1-4H2,(H2,16,17,18). The summed E-state index contributed by atoms with van der Waals surface area (Å²) >= 11 is 3.29. The summed E-state index contributed by atoms with van der Waals surface area (Å²) in [5.41, 5.74) is 0.988. The molecule has 18 heavy (non-hydrogen) atoms. The van der Waals surface area contributed by atoms with E-state index in [0.717, 1.165) is 17.3 Å². The van der Waals surface area contributed by atoms with E-state index < -0.39 is 0 Å². The molecule has 0 bridgehead atoms. The predicted molar refractivity (Wildman–Crippen MR) is 73.3 cm³/mol. The van der Waals surface area contributed by atoms with Gasteiger partial charge < -0.3 is 10.6 Å². The molecule has 1 aromatic carbocycles. The number of rotatable bonds is 2. The van der Waals surface area contributed by atoms with Crippen LogP contribution in [0.5, 0.6) is 0 Å². The first-order valence-electron chi connectivity index (χ1n) is 5.96. The van der Waals surface area contributed by atoms with E-state index in [4.69, 9.17) is 5.26 Å². The minimum absolute atomic E-state index is 0.235. The molecule has 0 aliphatic heterocycles. The van der Waals surface area contributed by atoms with Gasteiger partial charge in [-0.15, -0.1) is 0 Å². The first-order valence-corrected chi connectivity index (χ1v) is 6.75. The lowest BCUT2D eigenvalue weighted by Gasteiger charge is -2.13. The lowest BCUT2D eigenvalue weighted by molar-refractivity contribution is 0.248. The Kier molecular flexibility index (Phi) is 4.21. The van der Waals surface area contributed by atoms with Gasteiger partial charge in [-0.2, -0.15) is 5.26 Å². The van der Waals surface area contributed by atoms with Crippen LogP contribution in [-0.4, -0.2) is 12.1 Å². The van der Waals surface area contributed by atoms with Crippen LogP contribution in [0.2, 0.25) is 0 Å². The van der Waals surface area contributed by atoms with E-state index >= 15 is 0 Å². The van der Waals surface area contributed by atoms with Crippen molar-refractivity contribution in [3.8, 4) is 6.07 Å². The molecule has 1 aromatic rings. The number of urea groups is 1. The third-order valence-electron chi connectivity index (χ3n) is 3.04. The topological polar surface area (TPSA) is 64.9 Å². The van der Waals surface area contributed by atoms with Crippen molar-refractivity contribution in [3.05, 3.63) is 28.2 Å². The summed E-state index contributed by atoms with van der Waals surface area (Å²) in [5, 5.41) is 14.6. The number of halogens is 1. The Labute approximate surface area is 115 Å². The van der Waals surface area contributed by atoms with Crippen LogP contribution in [0, 0.1) is 11.3 Å². The fraction of sp³-hybridized carbons (Fsp3) is 0.385. The summed E-state index contributed by atoms with van der Waals surface area (Å²) in [6, 6.07) is 7.30. The average Bonchev–Trinajstić information content (AvgIpc) is 2.84. The number of carbonyl (C=O) groups excluding carboxylic acids is 1. The molecule has 2 N–H and O–H groups in total. The number of hydrogen-bond donors (Lipinski definition) is 2. The highest BCUT2D eigenvalue weighted by Gasteiger charge is 2.17. The first kappa shape index (κ1) is 12.9. The summed E-state index contributed by atoms with van der Waals surface area (Å²) in [5.74, 6) is 0. The molecule has 2 rings (SSSR count). The second-order valence-electron chi connectivity index (χ2n) is 4.38. The molecule has 0 heterocycles. The lowest BCUT2D eigenvalue weighted by Crippen LogP contribution is -2.36. The van der Waals surface area contributed by atoms with Crippen molar-refractivity contribution in [3.63, 3.8) is 0 Å². The van der Waals surface area contributed by atoms with Crippen LogP contribution in [0.15, 0.2) is 22.7 Å². The van der Waals surface area contributed by atoms with Crippen molar-refractivity contribution < 1.29 is 4.79 Å². The third-order valence-corrected chi connectivity index (χ3v) is 3.53. The molecule has 0 spiro atoms. The van der Waals surface area contributed by atoms with Crippen LogP contribution in [-0.2, 0) is 0 Å². The zero-order valence-electron chi connectivity index (χ0n) is 9.87. The summed E-state index contributed by atoms with van der Waals surface area (Å²) in [4.78, 5) is 11.8. The minimum Gasteiger partial charge on any atom is -0.335 e.